The van der Waals surface area contributed by atoms with Gasteiger partial charge >= 0.3 is 0 Å². The second-order valence-corrected chi connectivity index (χ2v) is 9.11. The van der Waals surface area contributed by atoms with Crippen molar-refractivity contribution in [2.45, 2.75) is 26.7 Å². The van der Waals surface area contributed by atoms with E-state index in [0.717, 1.165) is 93.5 Å². The van der Waals surface area contributed by atoms with Crippen LogP contribution in [0.15, 0.2) is 36.4 Å². The molecule has 0 aliphatic carbocycles. The van der Waals surface area contributed by atoms with E-state index in [9.17, 15) is 0 Å². The molecule has 6 heteroatoms. The molecule has 0 radical (unpaired) electrons. The standard InChI is InChI=1S/C28H38FN3O2/c1-4-19-34-27-12-11-26(29)25-20-23(22-7-9-24(33-3)10-8-22)21-32(28(25)27)14-6-13-31-17-15-30(5-2)16-18-31/h7-12,20H,4-6,13-19,21H2,1-3H3. The molecule has 2 heterocycles. The first kappa shape index (κ1) is 24.6. The number of benzene rings is 2. The lowest BCUT2D eigenvalue weighted by molar-refractivity contribution is 0.137. The van der Waals surface area contributed by atoms with E-state index in [1.807, 2.05) is 18.2 Å². The summed E-state index contributed by atoms with van der Waals surface area (Å²) in [5.41, 5.74) is 3.72. The van der Waals surface area contributed by atoms with Crippen LogP contribution in [0.4, 0.5) is 10.1 Å². The van der Waals surface area contributed by atoms with Gasteiger partial charge in [-0.05, 0) is 67.4 Å². The predicted octanol–water partition coefficient (Wildman–Crippen LogP) is 5.01. The van der Waals surface area contributed by atoms with Crippen LogP contribution in [0.1, 0.15) is 37.8 Å². The Kier molecular flexibility index (Phi) is 8.46. The number of rotatable bonds is 10. The van der Waals surface area contributed by atoms with E-state index >= 15 is 4.39 Å². The summed E-state index contributed by atoms with van der Waals surface area (Å²) in [5.74, 6) is 1.40. The Morgan fingerprint density at radius 1 is 0.912 bits per heavy atom. The highest BCUT2D eigenvalue weighted by Crippen LogP contribution is 2.41. The summed E-state index contributed by atoms with van der Waals surface area (Å²) >= 11 is 0. The average Bonchev–Trinajstić information content (AvgIpc) is 2.88. The van der Waals surface area contributed by atoms with Crippen LogP contribution in [0.2, 0.25) is 0 Å². The van der Waals surface area contributed by atoms with Crippen LogP contribution in [0, 0.1) is 5.82 Å². The second-order valence-electron chi connectivity index (χ2n) is 9.11. The molecule has 5 nitrogen and oxygen atoms in total. The Bertz CT molecular complexity index is 968. The second kappa shape index (κ2) is 11.7. The quantitative estimate of drug-likeness (QED) is 0.490. The third kappa shape index (κ3) is 5.73. The SMILES string of the molecule is CCCOc1ccc(F)c2c1N(CCCN1CCN(CC)CC1)CC(c1ccc(OC)cc1)=C2. The van der Waals surface area contributed by atoms with E-state index in [1.165, 1.54) is 6.07 Å². The molecule has 0 spiro atoms. The number of ether oxygens (including phenoxy) is 2. The maximum Gasteiger partial charge on any atom is 0.143 e. The number of hydrogen-bond acceptors (Lipinski definition) is 5. The zero-order chi connectivity index (χ0) is 23.9. The molecule has 0 aromatic heterocycles. The molecule has 2 aliphatic heterocycles. The van der Waals surface area contributed by atoms with E-state index < -0.39 is 0 Å². The molecular weight excluding hydrogens is 429 g/mol. The van der Waals surface area contributed by atoms with Crippen molar-refractivity contribution in [2.24, 2.45) is 0 Å². The number of likely N-dealkylation sites (N-methyl/N-ethyl adjacent to an activating group) is 1. The van der Waals surface area contributed by atoms with Gasteiger partial charge in [-0.3, -0.25) is 0 Å². The monoisotopic (exact) mass is 467 g/mol. The third-order valence-corrected chi connectivity index (χ3v) is 6.86. The van der Waals surface area contributed by atoms with Gasteiger partial charge in [0.15, 0.2) is 0 Å². The summed E-state index contributed by atoms with van der Waals surface area (Å²) < 4.78 is 26.5. The van der Waals surface area contributed by atoms with Gasteiger partial charge in [0, 0.05) is 44.8 Å². The molecule has 0 unspecified atom stereocenters. The van der Waals surface area contributed by atoms with Gasteiger partial charge in [-0.1, -0.05) is 26.0 Å². The smallest absolute Gasteiger partial charge is 0.143 e. The molecule has 0 saturated carbocycles. The first-order chi connectivity index (χ1) is 16.6. The Labute approximate surface area is 203 Å². The summed E-state index contributed by atoms with van der Waals surface area (Å²) in [6.07, 6.45) is 3.94. The minimum atomic E-state index is -0.203. The minimum Gasteiger partial charge on any atom is -0.497 e. The fraction of sp³-hybridized carbons (Fsp3) is 0.500. The molecule has 4 rings (SSSR count). The molecule has 1 fully saturated rings. The van der Waals surface area contributed by atoms with Crippen molar-refractivity contribution in [2.75, 3.05) is 71.0 Å². The molecule has 0 N–H and O–H groups in total. The first-order valence-electron chi connectivity index (χ1n) is 12.6. The minimum absolute atomic E-state index is 0.203. The Balaban J connectivity index is 1.55. The van der Waals surface area contributed by atoms with Crippen LogP contribution in [-0.4, -0.2) is 75.9 Å². The third-order valence-electron chi connectivity index (χ3n) is 6.86. The Morgan fingerprint density at radius 2 is 1.65 bits per heavy atom. The zero-order valence-electron chi connectivity index (χ0n) is 20.9. The Morgan fingerprint density at radius 3 is 2.32 bits per heavy atom. The van der Waals surface area contributed by atoms with E-state index in [-0.39, 0.29) is 5.82 Å². The van der Waals surface area contributed by atoms with E-state index in [1.54, 1.807) is 13.2 Å². The zero-order valence-corrected chi connectivity index (χ0v) is 20.9. The van der Waals surface area contributed by atoms with Crippen molar-refractivity contribution in [1.29, 1.82) is 0 Å². The molecule has 0 atom stereocenters. The van der Waals surface area contributed by atoms with E-state index in [4.69, 9.17) is 9.47 Å². The molecular formula is C28H38FN3O2. The summed E-state index contributed by atoms with van der Waals surface area (Å²) in [5, 5.41) is 0. The van der Waals surface area contributed by atoms with Gasteiger partial charge in [0.1, 0.15) is 17.3 Å². The van der Waals surface area contributed by atoms with Gasteiger partial charge < -0.3 is 24.2 Å². The number of halogens is 1. The number of fused-ring (bicyclic) bond motifs is 1. The van der Waals surface area contributed by atoms with Crippen molar-refractivity contribution in [3.63, 3.8) is 0 Å². The van der Waals surface area contributed by atoms with Crippen molar-refractivity contribution in [3.8, 4) is 11.5 Å². The lowest BCUT2D eigenvalue weighted by atomic mass is 9.96. The van der Waals surface area contributed by atoms with E-state index in [2.05, 4.69) is 40.7 Å². The number of anilines is 1. The van der Waals surface area contributed by atoms with Crippen molar-refractivity contribution in [3.05, 3.63) is 53.3 Å². The van der Waals surface area contributed by atoms with Gasteiger partial charge in [-0.2, -0.15) is 0 Å². The molecule has 0 bridgehead atoms. The van der Waals surface area contributed by atoms with Gasteiger partial charge in [0.25, 0.3) is 0 Å². The van der Waals surface area contributed by atoms with Gasteiger partial charge in [0.2, 0.25) is 0 Å². The molecule has 0 amide bonds. The fourth-order valence-electron chi connectivity index (χ4n) is 4.84. The van der Waals surface area contributed by atoms with Crippen LogP contribution in [-0.2, 0) is 0 Å². The molecule has 2 aromatic carbocycles. The number of piperazine rings is 1. The fourth-order valence-corrected chi connectivity index (χ4v) is 4.84. The molecule has 34 heavy (non-hydrogen) atoms. The summed E-state index contributed by atoms with van der Waals surface area (Å²) in [7, 11) is 1.67. The maximum absolute atomic E-state index is 15.1. The predicted molar refractivity (Wildman–Crippen MR) is 138 cm³/mol. The number of hydrogen-bond donors (Lipinski definition) is 0. The summed E-state index contributed by atoms with van der Waals surface area (Å²) in [6, 6.07) is 11.3. The summed E-state index contributed by atoms with van der Waals surface area (Å²) in [6.45, 7) is 13.3. The topological polar surface area (TPSA) is 28.2 Å². The Hall–Kier alpha value is -2.57. The highest BCUT2D eigenvalue weighted by atomic mass is 19.1. The highest BCUT2D eigenvalue weighted by Gasteiger charge is 2.26. The van der Waals surface area contributed by atoms with Crippen LogP contribution in [0.25, 0.3) is 11.6 Å². The van der Waals surface area contributed by atoms with Crippen LogP contribution in [0.3, 0.4) is 0 Å². The maximum atomic E-state index is 15.1. The molecule has 1 saturated heterocycles. The van der Waals surface area contributed by atoms with Gasteiger partial charge in [-0.25, -0.2) is 4.39 Å². The normalized spacial score (nSPS) is 16.8. The molecule has 2 aromatic rings. The van der Waals surface area contributed by atoms with Gasteiger partial charge in [-0.15, -0.1) is 0 Å². The lowest BCUT2D eigenvalue weighted by Crippen LogP contribution is -2.46. The van der Waals surface area contributed by atoms with Crippen LogP contribution >= 0.6 is 0 Å². The van der Waals surface area contributed by atoms with Crippen molar-refractivity contribution in [1.82, 2.24) is 9.80 Å². The van der Waals surface area contributed by atoms with Crippen molar-refractivity contribution < 1.29 is 13.9 Å². The number of methoxy groups -OCH3 is 1. The molecule has 2 aliphatic rings. The average molecular weight is 468 g/mol. The van der Waals surface area contributed by atoms with Crippen LogP contribution < -0.4 is 14.4 Å². The summed E-state index contributed by atoms with van der Waals surface area (Å²) in [4.78, 5) is 7.37. The first-order valence-corrected chi connectivity index (χ1v) is 12.6. The van der Waals surface area contributed by atoms with Crippen LogP contribution in [0.5, 0.6) is 11.5 Å². The lowest BCUT2D eigenvalue weighted by Gasteiger charge is -2.36. The number of nitrogens with zero attached hydrogens (tertiary/aromatic N) is 3. The highest BCUT2D eigenvalue weighted by molar-refractivity contribution is 5.93. The molecule has 184 valence electrons. The van der Waals surface area contributed by atoms with Crippen molar-refractivity contribution >= 4 is 17.3 Å². The van der Waals surface area contributed by atoms with E-state index in [0.29, 0.717) is 12.2 Å². The largest absolute Gasteiger partial charge is 0.497 e. The van der Waals surface area contributed by atoms with Gasteiger partial charge in [0.05, 0.1) is 19.4 Å².